The monoisotopic (exact) mass is 492 g/mol. The van der Waals surface area contributed by atoms with Crippen LogP contribution in [0.15, 0.2) is 30.5 Å². The zero-order chi connectivity index (χ0) is 24.5. The van der Waals surface area contributed by atoms with Crippen LogP contribution in [0, 0.1) is 12.7 Å². The molecule has 0 saturated carbocycles. The van der Waals surface area contributed by atoms with Gasteiger partial charge in [-0.05, 0) is 36.8 Å². The van der Waals surface area contributed by atoms with E-state index in [9.17, 15) is 18.0 Å². The van der Waals surface area contributed by atoms with E-state index >= 15 is 4.39 Å². The molecule has 34 heavy (non-hydrogen) atoms. The van der Waals surface area contributed by atoms with Crippen molar-refractivity contribution in [3.63, 3.8) is 0 Å². The Kier molecular flexibility index (Phi) is 6.60. The van der Waals surface area contributed by atoms with Gasteiger partial charge in [0.05, 0.1) is 37.4 Å². The lowest BCUT2D eigenvalue weighted by molar-refractivity contribution is 0.132. The topological polar surface area (TPSA) is 118 Å². The Bertz CT molecular complexity index is 1210. The zero-order valence-electron chi connectivity index (χ0n) is 18.8. The Hall–Kier alpha value is -3.41. The van der Waals surface area contributed by atoms with Gasteiger partial charge in [-0.2, -0.15) is 0 Å². The van der Waals surface area contributed by atoms with Gasteiger partial charge in [-0.25, -0.2) is 27.4 Å². The van der Waals surface area contributed by atoms with Gasteiger partial charge in [0, 0.05) is 30.4 Å². The molecule has 4 rings (SSSR count). The lowest BCUT2D eigenvalue weighted by atomic mass is 10.0. The number of anilines is 2. The number of sulfone groups is 1. The number of cyclic esters (lactones) is 1. The Balaban J connectivity index is 1.48. The maximum Gasteiger partial charge on any atom is 0.414 e. The first-order valence-electron chi connectivity index (χ1n) is 10.7. The number of methoxy groups -OCH3 is 1. The van der Waals surface area contributed by atoms with E-state index in [2.05, 4.69) is 15.0 Å². The van der Waals surface area contributed by atoms with Crippen molar-refractivity contribution >= 4 is 33.5 Å². The summed E-state index contributed by atoms with van der Waals surface area (Å²) < 4.78 is 48.1. The smallest absolute Gasteiger partial charge is 0.414 e. The predicted octanol–water partition coefficient (Wildman–Crippen LogP) is 2.11. The quantitative estimate of drug-likeness (QED) is 0.674. The minimum Gasteiger partial charge on any atom is -0.453 e. The lowest BCUT2D eigenvalue weighted by Crippen LogP contribution is -2.41. The molecule has 182 valence electrons. The van der Waals surface area contributed by atoms with Crippen molar-refractivity contribution in [3.8, 4) is 11.1 Å². The van der Waals surface area contributed by atoms with Gasteiger partial charge in [-0.3, -0.25) is 4.90 Å². The number of hydrogen-bond acceptors (Lipinski definition) is 8. The van der Waals surface area contributed by atoms with Crippen molar-refractivity contribution in [1.29, 1.82) is 0 Å². The molecule has 1 unspecified atom stereocenters. The summed E-state index contributed by atoms with van der Waals surface area (Å²) in [6.45, 7) is 2.84. The van der Waals surface area contributed by atoms with Gasteiger partial charge in [0.1, 0.15) is 17.7 Å². The third-order valence-electron chi connectivity index (χ3n) is 5.80. The number of halogens is 1. The first-order valence-corrected chi connectivity index (χ1v) is 12.5. The summed E-state index contributed by atoms with van der Waals surface area (Å²) in [4.78, 5) is 31.1. The van der Waals surface area contributed by atoms with E-state index in [-0.39, 0.29) is 24.6 Å². The normalized spacial score (nSPS) is 19.6. The lowest BCUT2D eigenvalue weighted by Gasteiger charge is -2.29. The summed E-state index contributed by atoms with van der Waals surface area (Å²) in [5, 5.41) is 2.47. The van der Waals surface area contributed by atoms with Crippen molar-refractivity contribution < 1.29 is 31.9 Å². The molecule has 2 fully saturated rings. The standard InChI is InChI=1S/C22H25FN4O6S/c1-14-9-15(11-24-20(14)26-5-7-34(30,31)8-6-26)18-4-3-16(10-19(18)23)27-13-17(33-22(27)29)12-25-21(28)32-2/h3-4,9-11,17H,5-8,12-13H2,1-2H3,(H,25,28). The van der Waals surface area contributed by atoms with E-state index in [4.69, 9.17) is 4.74 Å². The molecule has 0 spiro atoms. The van der Waals surface area contributed by atoms with E-state index in [0.29, 0.717) is 35.7 Å². The van der Waals surface area contributed by atoms with Crippen LogP contribution in [-0.4, -0.2) is 76.5 Å². The van der Waals surface area contributed by atoms with Crippen LogP contribution in [0.2, 0.25) is 0 Å². The molecule has 1 aromatic carbocycles. The molecule has 2 aromatic rings. The molecule has 2 aliphatic rings. The number of hydrogen-bond donors (Lipinski definition) is 1. The van der Waals surface area contributed by atoms with Crippen molar-refractivity contribution in [1.82, 2.24) is 10.3 Å². The minimum atomic E-state index is -3.00. The summed E-state index contributed by atoms with van der Waals surface area (Å²) in [5.74, 6) is 0.330. The third kappa shape index (κ3) is 5.06. The fourth-order valence-corrected chi connectivity index (χ4v) is 5.19. The summed E-state index contributed by atoms with van der Waals surface area (Å²) >= 11 is 0. The number of alkyl carbamates (subject to hydrolysis) is 1. The number of nitrogens with one attached hydrogen (secondary N) is 1. The first-order chi connectivity index (χ1) is 16.2. The molecule has 2 amide bonds. The highest BCUT2D eigenvalue weighted by atomic mass is 32.2. The number of pyridine rings is 1. The highest BCUT2D eigenvalue weighted by Gasteiger charge is 2.33. The minimum absolute atomic E-state index is 0.0791. The molecule has 3 heterocycles. The fraction of sp³-hybridized carbons (Fsp3) is 0.409. The van der Waals surface area contributed by atoms with Crippen molar-refractivity contribution in [2.24, 2.45) is 0 Å². The zero-order valence-corrected chi connectivity index (χ0v) is 19.6. The first kappa shape index (κ1) is 23.7. The van der Waals surface area contributed by atoms with E-state index in [1.54, 1.807) is 18.3 Å². The van der Waals surface area contributed by atoms with Gasteiger partial charge < -0.3 is 19.7 Å². The number of rotatable bonds is 5. The van der Waals surface area contributed by atoms with Gasteiger partial charge in [0.25, 0.3) is 0 Å². The Morgan fingerprint density at radius 3 is 2.68 bits per heavy atom. The molecular weight excluding hydrogens is 467 g/mol. The molecule has 1 N–H and O–H groups in total. The van der Waals surface area contributed by atoms with Crippen LogP contribution >= 0.6 is 0 Å². The van der Waals surface area contributed by atoms with E-state index in [0.717, 1.165) is 5.56 Å². The van der Waals surface area contributed by atoms with Gasteiger partial charge in [-0.15, -0.1) is 0 Å². The number of aryl methyl sites for hydroxylation is 1. The third-order valence-corrected chi connectivity index (χ3v) is 7.41. The maximum absolute atomic E-state index is 15.0. The molecule has 10 nitrogen and oxygen atoms in total. The van der Waals surface area contributed by atoms with E-state index in [1.165, 1.54) is 18.1 Å². The van der Waals surface area contributed by atoms with Crippen LogP contribution in [0.25, 0.3) is 11.1 Å². The van der Waals surface area contributed by atoms with Crippen molar-refractivity contribution in [3.05, 3.63) is 41.8 Å². The second-order valence-corrected chi connectivity index (χ2v) is 10.5. The van der Waals surface area contributed by atoms with Crippen LogP contribution in [0.1, 0.15) is 5.56 Å². The molecule has 0 radical (unpaired) electrons. The highest BCUT2D eigenvalue weighted by molar-refractivity contribution is 7.91. The summed E-state index contributed by atoms with van der Waals surface area (Å²) in [7, 11) is -1.77. The fourth-order valence-electron chi connectivity index (χ4n) is 3.98. The molecule has 1 atom stereocenters. The summed E-state index contributed by atoms with van der Waals surface area (Å²) in [6, 6.07) is 6.25. The molecular formula is C22H25FN4O6S. The Morgan fingerprint density at radius 2 is 2.03 bits per heavy atom. The summed E-state index contributed by atoms with van der Waals surface area (Å²) in [6.07, 6.45) is -0.291. The average molecular weight is 493 g/mol. The maximum atomic E-state index is 15.0. The van der Waals surface area contributed by atoms with Gasteiger partial charge in [0.15, 0.2) is 9.84 Å². The predicted molar refractivity (Wildman–Crippen MR) is 123 cm³/mol. The number of nitrogens with zero attached hydrogens (tertiary/aromatic N) is 3. The Morgan fingerprint density at radius 1 is 1.29 bits per heavy atom. The molecule has 1 aromatic heterocycles. The van der Waals surface area contributed by atoms with Gasteiger partial charge in [0.2, 0.25) is 0 Å². The second kappa shape index (κ2) is 9.45. The number of benzene rings is 1. The van der Waals surface area contributed by atoms with Crippen LogP contribution in [0.4, 0.5) is 25.5 Å². The van der Waals surface area contributed by atoms with Crippen LogP contribution in [-0.2, 0) is 19.3 Å². The molecule has 2 aliphatic heterocycles. The number of ether oxygens (including phenoxy) is 2. The van der Waals surface area contributed by atoms with Gasteiger partial charge >= 0.3 is 12.2 Å². The highest BCUT2D eigenvalue weighted by Crippen LogP contribution is 2.31. The number of carbonyl (C=O) groups is 2. The number of aromatic nitrogens is 1. The van der Waals surface area contributed by atoms with Gasteiger partial charge in [-0.1, -0.05) is 0 Å². The molecule has 0 aliphatic carbocycles. The van der Waals surface area contributed by atoms with Crippen LogP contribution in [0.3, 0.4) is 0 Å². The van der Waals surface area contributed by atoms with Crippen molar-refractivity contribution in [2.75, 3.05) is 54.6 Å². The van der Waals surface area contributed by atoms with E-state index in [1.807, 2.05) is 17.9 Å². The van der Waals surface area contributed by atoms with Crippen LogP contribution < -0.4 is 15.1 Å². The van der Waals surface area contributed by atoms with Crippen molar-refractivity contribution in [2.45, 2.75) is 13.0 Å². The molecule has 12 heteroatoms. The van der Waals surface area contributed by atoms with E-state index < -0.39 is 33.9 Å². The SMILES string of the molecule is COC(=O)NCC1CN(c2ccc(-c3cnc(N4CCS(=O)(=O)CC4)c(C)c3)c(F)c2)C(=O)O1. The summed E-state index contributed by atoms with van der Waals surface area (Å²) in [5.41, 5.74) is 2.04. The second-order valence-electron chi connectivity index (χ2n) is 8.16. The molecule has 2 saturated heterocycles. The number of amides is 2. The van der Waals surface area contributed by atoms with Crippen LogP contribution in [0.5, 0.6) is 0 Å². The Labute approximate surface area is 196 Å². The largest absolute Gasteiger partial charge is 0.453 e. The average Bonchev–Trinajstić information content (AvgIpc) is 3.18. The number of carbonyl (C=O) groups excluding carboxylic acids is 2. The molecule has 0 bridgehead atoms.